The van der Waals surface area contributed by atoms with Crippen molar-refractivity contribution in [2.24, 2.45) is 17.8 Å². The molecule has 34 heavy (non-hydrogen) atoms. The number of carbonyl (C=O) groups is 3. The van der Waals surface area contributed by atoms with Crippen LogP contribution in [0.3, 0.4) is 0 Å². The number of aliphatic hydroxyl groups excluding tert-OH is 1. The minimum absolute atomic E-state index is 0.163. The van der Waals surface area contributed by atoms with Crippen LogP contribution in [0.2, 0.25) is 0 Å². The van der Waals surface area contributed by atoms with Crippen LogP contribution in [0.4, 0.5) is 0 Å². The predicted molar refractivity (Wildman–Crippen MR) is 136 cm³/mol. The van der Waals surface area contributed by atoms with Crippen molar-refractivity contribution in [1.29, 1.82) is 0 Å². The minimum Gasteiger partial charge on any atom is -0.391 e. The maximum atomic E-state index is 13.3. The number of hydrogen-bond acceptors (Lipinski definition) is 4. The van der Waals surface area contributed by atoms with Crippen LogP contribution in [0.25, 0.3) is 0 Å². The molecule has 1 aromatic rings. The van der Waals surface area contributed by atoms with Gasteiger partial charge in [-0.2, -0.15) is 0 Å². The number of amides is 3. The van der Waals surface area contributed by atoms with E-state index < -0.39 is 30.1 Å². The smallest absolute Gasteiger partial charge is 0.243 e. The van der Waals surface area contributed by atoms with Crippen molar-refractivity contribution in [2.75, 3.05) is 0 Å². The van der Waals surface area contributed by atoms with E-state index in [2.05, 4.69) is 16.0 Å². The first-order chi connectivity index (χ1) is 15.8. The first-order valence-corrected chi connectivity index (χ1v) is 12.4. The van der Waals surface area contributed by atoms with Gasteiger partial charge in [-0.1, -0.05) is 71.4 Å². The summed E-state index contributed by atoms with van der Waals surface area (Å²) >= 11 is 0. The van der Waals surface area contributed by atoms with Gasteiger partial charge < -0.3 is 21.1 Å². The van der Waals surface area contributed by atoms with Gasteiger partial charge in [-0.05, 0) is 43.6 Å². The fourth-order valence-corrected chi connectivity index (χ4v) is 3.74. The second-order valence-corrected chi connectivity index (χ2v) is 10.6. The summed E-state index contributed by atoms with van der Waals surface area (Å²) < 4.78 is 0. The first-order valence-electron chi connectivity index (χ1n) is 12.4. The Balaban J connectivity index is 3.03. The molecule has 1 rings (SSSR count). The van der Waals surface area contributed by atoms with Gasteiger partial charge in [-0.15, -0.1) is 0 Å². The van der Waals surface area contributed by atoms with Crippen LogP contribution < -0.4 is 16.0 Å². The Kier molecular flexibility index (Phi) is 12.3. The van der Waals surface area contributed by atoms with Crippen LogP contribution in [0.15, 0.2) is 24.3 Å². The average molecular weight is 476 g/mol. The Morgan fingerprint density at radius 1 is 0.824 bits per heavy atom. The molecule has 4 N–H and O–H groups in total. The highest BCUT2D eigenvalue weighted by atomic mass is 16.3. The number of rotatable bonds is 13. The number of aliphatic hydroxyl groups is 1. The highest BCUT2D eigenvalue weighted by Crippen LogP contribution is 2.12. The highest BCUT2D eigenvalue weighted by Gasteiger charge is 2.31. The van der Waals surface area contributed by atoms with Gasteiger partial charge in [0, 0.05) is 12.8 Å². The van der Waals surface area contributed by atoms with Crippen molar-refractivity contribution in [2.45, 2.75) is 98.9 Å². The lowest BCUT2D eigenvalue weighted by molar-refractivity contribution is -0.133. The van der Waals surface area contributed by atoms with Gasteiger partial charge in [0.15, 0.2) is 0 Å². The maximum absolute atomic E-state index is 13.3. The van der Waals surface area contributed by atoms with Crippen LogP contribution in [0.1, 0.15) is 72.4 Å². The zero-order valence-electron chi connectivity index (χ0n) is 22.1. The fraction of sp³-hybridized carbons (Fsp3) is 0.667. The molecule has 0 heterocycles. The summed E-state index contributed by atoms with van der Waals surface area (Å²) in [6, 6.07) is 5.83. The molecular formula is C27H45N3O4. The van der Waals surface area contributed by atoms with Crippen LogP contribution in [-0.2, 0) is 20.8 Å². The second-order valence-electron chi connectivity index (χ2n) is 10.6. The summed E-state index contributed by atoms with van der Waals surface area (Å²) in [5.41, 5.74) is 2.03. The van der Waals surface area contributed by atoms with Crippen LogP contribution in [-0.4, -0.2) is 47.1 Å². The molecule has 0 fully saturated rings. The molecule has 0 bridgehead atoms. The van der Waals surface area contributed by atoms with Crippen molar-refractivity contribution in [3.05, 3.63) is 35.4 Å². The molecule has 192 valence electrons. The molecule has 7 nitrogen and oxygen atoms in total. The fourth-order valence-electron chi connectivity index (χ4n) is 3.74. The molecule has 4 atom stereocenters. The number of carbonyl (C=O) groups excluding carboxylic acids is 3. The van der Waals surface area contributed by atoms with Crippen LogP contribution in [0, 0.1) is 24.7 Å². The molecule has 0 aliphatic heterocycles. The number of aryl methyl sites for hydroxylation is 1. The van der Waals surface area contributed by atoms with E-state index >= 15 is 0 Å². The zero-order valence-corrected chi connectivity index (χ0v) is 22.1. The Bertz CT molecular complexity index is 788. The van der Waals surface area contributed by atoms with Crippen LogP contribution in [0.5, 0.6) is 0 Å². The summed E-state index contributed by atoms with van der Waals surface area (Å²) in [5.74, 6) is -0.651. The Hall–Kier alpha value is -2.41. The van der Waals surface area contributed by atoms with E-state index in [-0.39, 0.29) is 23.7 Å². The van der Waals surface area contributed by atoms with Crippen molar-refractivity contribution in [1.82, 2.24) is 16.0 Å². The second kappa shape index (κ2) is 14.1. The maximum Gasteiger partial charge on any atom is 0.243 e. The van der Waals surface area contributed by atoms with Gasteiger partial charge >= 0.3 is 0 Å². The van der Waals surface area contributed by atoms with E-state index in [1.807, 2.05) is 72.7 Å². The molecule has 0 aliphatic rings. The molecule has 0 unspecified atom stereocenters. The quantitative estimate of drug-likeness (QED) is 0.352. The Labute approximate surface area is 205 Å². The lowest BCUT2D eigenvalue weighted by Crippen LogP contribution is -2.58. The van der Waals surface area contributed by atoms with E-state index in [9.17, 15) is 19.5 Å². The minimum atomic E-state index is -0.800. The van der Waals surface area contributed by atoms with Crippen LogP contribution >= 0.6 is 0 Å². The lowest BCUT2D eigenvalue weighted by atomic mass is 9.97. The summed E-state index contributed by atoms with van der Waals surface area (Å²) in [6.45, 7) is 15.3. The monoisotopic (exact) mass is 475 g/mol. The third-order valence-electron chi connectivity index (χ3n) is 5.69. The molecular weight excluding hydrogens is 430 g/mol. The van der Waals surface area contributed by atoms with Gasteiger partial charge in [0.2, 0.25) is 17.7 Å². The molecule has 0 saturated heterocycles. The summed E-state index contributed by atoms with van der Waals surface area (Å²) in [5, 5.41) is 18.7. The lowest BCUT2D eigenvalue weighted by Gasteiger charge is -2.29. The summed E-state index contributed by atoms with van der Waals surface area (Å²) in [7, 11) is 0. The predicted octanol–water partition coefficient (Wildman–Crippen LogP) is 3.12. The van der Waals surface area contributed by atoms with Crippen molar-refractivity contribution in [3.63, 3.8) is 0 Å². The molecule has 7 heteroatoms. The van der Waals surface area contributed by atoms with Gasteiger partial charge in [-0.3, -0.25) is 14.4 Å². The molecule has 1 aromatic carbocycles. The first kappa shape index (κ1) is 29.6. The van der Waals surface area contributed by atoms with Gasteiger partial charge in [0.1, 0.15) is 12.1 Å². The van der Waals surface area contributed by atoms with Crippen molar-refractivity contribution >= 4 is 17.7 Å². The van der Waals surface area contributed by atoms with Gasteiger partial charge in [-0.25, -0.2) is 0 Å². The van der Waals surface area contributed by atoms with E-state index in [0.29, 0.717) is 25.2 Å². The highest BCUT2D eigenvalue weighted by molar-refractivity contribution is 5.92. The van der Waals surface area contributed by atoms with Gasteiger partial charge in [0.25, 0.3) is 0 Å². The number of benzene rings is 1. The third kappa shape index (κ3) is 10.7. The number of nitrogens with one attached hydrogen (secondary N) is 3. The summed E-state index contributed by atoms with van der Waals surface area (Å²) in [4.78, 5) is 38.9. The molecule has 0 aliphatic carbocycles. The summed E-state index contributed by atoms with van der Waals surface area (Å²) in [6.07, 6.45) is 0.562. The third-order valence-corrected chi connectivity index (χ3v) is 5.69. The molecule has 0 aromatic heterocycles. The average Bonchev–Trinajstić information content (AvgIpc) is 2.71. The van der Waals surface area contributed by atoms with E-state index in [4.69, 9.17) is 0 Å². The Morgan fingerprint density at radius 3 is 1.88 bits per heavy atom. The molecule has 0 radical (unpaired) electrons. The van der Waals surface area contributed by atoms with E-state index in [1.54, 1.807) is 6.92 Å². The zero-order chi connectivity index (χ0) is 26.0. The SMILES string of the molecule is Cc1ccc(C[C@H](NC(=O)CC(C)C)C(=O)N[C@H](C(=O)N[C@@H](CC(C)C)[C@H](C)O)C(C)C)cc1. The molecule has 3 amide bonds. The topological polar surface area (TPSA) is 108 Å². The Morgan fingerprint density at radius 2 is 1.41 bits per heavy atom. The largest absolute Gasteiger partial charge is 0.391 e. The van der Waals surface area contributed by atoms with Gasteiger partial charge in [0.05, 0.1) is 12.1 Å². The normalized spacial score (nSPS) is 15.1. The van der Waals surface area contributed by atoms with E-state index in [0.717, 1.165) is 11.1 Å². The van der Waals surface area contributed by atoms with E-state index in [1.165, 1.54) is 0 Å². The molecule has 0 spiro atoms. The van der Waals surface area contributed by atoms with Crippen molar-refractivity contribution < 1.29 is 19.5 Å². The number of hydrogen-bond donors (Lipinski definition) is 4. The van der Waals surface area contributed by atoms with Crippen molar-refractivity contribution in [3.8, 4) is 0 Å². The standard InChI is InChI=1S/C27H45N3O4/c1-16(2)13-22(20(8)31)29-27(34)25(18(5)6)30-26(33)23(28-24(32)14-17(3)4)15-21-11-9-19(7)10-12-21/h9-12,16-18,20,22-23,25,31H,13-15H2,1-8H3,(H,28,32)(H,29,34)(H,30,33)/t20-,22-,23-,25-/m0/s1. The molecule has 0 saturated carbocycles.